The molecule has 118 valence electrons. The second-order valence-corrected chi connectivity index (χ2v) is 7.85. The van der Waals surface area contributed by atoms with Gasteiger partial charge in [-0.25, -0.2) is 0 Å². The van der Waals surface area contributed by atoms with Crippen molar-refractivity contribution >= 4 is 11.8 Å². The Kier molecular flexibility index (Phi) is 5.44. The fraction of sp³-hybridized carbons (Fsp3) is 0.647. The van der Waals surface area contributed by atoms with Crippen molar-refractivity contribution in [3.63, 3.8) is 0 Å². The molecule has 1 aromatic rings. The molecule has 1 aliphatic heterocycles. The molecular weight excluding hydrogens is 282 g/mol. The van der Waals surface area contributed by atoms with E-state index < -0.39 is 0 Å². The Balaban J connectivity index is 2.19. The van der Waals surface area contributed by atoms with Gasteiger partial charge < -0.3 is 15.2 Å². The second kappa shape index (κ2) is 6.93. The summed E-state index contributed by atoms with van der Waals surface area (Å²) < 4.78 is 11.5. The Morgan fingerprint density at radius 2 is 1.86 bits per heavy atom. The Hall–Kier alpha value is -0.870. The summed E-state index contributed by atoms with van der Waals surface area (Å²) in [6, 6.07) is 6.40. The Bertz CT molecular complexity index is 470. The van der Waals surface area contributed by atoms with E-state index in [2.05, 4.69) is 39.8 Å². The first-order valence-electron chi connectivity index (χ1n) is 7.73. The molecule has 4 heteroatoms. The van der Waals surface area contributed by atoms with Crippen molar-refractivity contribution in [2.75, 3.05) is 13.2 Å². The van der Waals surface area contributed by atoms with E-state index in [4.69, 9.17) is 15.2 Å². The van der Waals surface area contributed by atoms with Crippen LogP contribution in [0.15, 0.2) is 23.1 Å². The van der Waals surface area contributed by atoms with Crippen molar-refractivity contribution in [1.82, 2.24) is 0 Å². The second-order valence-electron chi connectivity index (χ2n) is 6.64. The van der Waals surface area contributed by atoms with Gasteiger partial charge in [0.25, 0.3) is 0 Å². The van der Waals surface area contributed by atoms with Crippen LogP contribution in [0.3, 0.4) is 0 Å². The molecule has 0 radical (unpaired) electrons. The quantitative estimate of drug-likeness (QED) is 0.851. The lowest BCUT2D eigenvalue weighted by Gasteiger charge is -2.34. The van der Waals surface area contributed by atoms with E-state index in [1.54, 1.807) is 0 Å². The van der Waals surface area contributed by atoms with Gasteiger partial charge in [-0.05, 0) is 30.0 Å². The number of nitrogens with two attached hydrogens (primary N) is 1. The Labute approximate surface area is 132 Å². The molecule has 1 heterocycles. The van der Waals surface area contributed by atoms with Crippen molar-refractivity contribution < 1.29 is 9.47 Å². The third-order valence-electron chi connectivity index (χ3n) is 3.70. The zero-order chi connectivity index (χ0) is 15.5. The number of benzene rings is 1. The number of thioether (sulfide) groups is 1. The molecule has 21 heavy (non-hydrogen) atoms. The SMILES string of the molecule is CCC(N)C(Sc1ccc2c(c1)OCCCO2)C(C)(C)C. The number of ether oxygens (including phenoxy) is 2. The number of rotatable bonds is 4. The molecule has 2 atom stereocenters. The average molecular weight is 309 g/mol. The van der Waals surface area contributed by atoms with Gasteiger partial charge in [-0.2, -0.15) is 0 Å². The highest BCUT2D eigenvalue weighted by Crippen LogP contribution is 2.41. The van der Waals surface area contributed by atoms with E-state index in [-0.39, 0.29) is 11.5 Å². The summed E-state index contributed by atoms with van der Waals surface area (Å²) in [5, 5.41) is 0.368. The molecule has 0 bridgehead atoms. The lowest BCUT2D eigenvalue weighted by Crippen LogP contribution is -2.40. The van der Waals surface area contributed by atoms with Crippen LogP contribution < -0.4 is 15.2 Å². The van der Waals surface area contributed by atoms with Crippen molar-refractivity contribution in [3.05, 3.63) is 18.2 Å². The molecule has 2 N–H and O–H groups in total. The summed E-state index contributed by atoms with van der Waals surface area (Å²) in [5.41, 5.74) is 6.49. The molecule has 0 saturated carbocycles. The Morgan fingerprint density at radius 3 is 2.48 bits per heavy atom. The molecule has 0 aromatic heterocycles. The molecule has 0 spiro atoms. The molecule has 2 rings (SSSR count). The smallest absolute Gasteiger partial charge is 0.162 e. The minimum atomic E-state index is 0.157. The summed E-state index contributed by atoms with van der Waals surface area (Å²) >= 11 is 1.85. The average Bonchev–Trinajstić information content (AvgIpc) is 2.67. The molecule has 0 saturated heterocycles. The third-order valence-corrected chi connectivity index (χ3v) is 5.53. The lowest BCUT2D eigenvalue weighted by molar-refractivity contribution is 0.297. The van der Waals surface area contributed by atoms with Gasteiger partial charge in [-0.15, -0.1) is 11.8 Å². The lowest BCUT2D eigenvalue weighted by atomic mass is 9.87. The van der Waals surface area contributed by atoms with Gasteiger partial charge in [-0.1, -0.05) is 27.7 Å². The van der Waals surface area contributed by atoms with Crippen LogP contribution in [0, 0.1) is 5.41 Å². The monoisotopic (exact) mass is 309 g/mol. The molecule has 1 aromatic carbocycles. The predicted molar refractivity (Wildman–Crippen MR) is 89.4 cm³/mol. The molecule has 1 aliphatic rings. The maximum Gasteiger partial charge on any atom is 0.162 e. The highest BCUT2D eigenvalue weighted by molar-refractivity contribution is 8.00. The van der Waals surface area contributed by atoms with Crippen LogP contribution in [0.2, 0.25) is 0 Å². The fourth-order valence-corrected chi connectivity index (χ4v) is 3.82. The normalized spacial score (nSPS) is 18.0. The fourth-order valence-electron chi connectivity index (χ4n) is 2.48. The molecule has 3 nitrogen and oxygen atoms in total. The maximum absolute atomic E-state index is 6.34. The van der Waals surface area contributed by atoms with Crippen LogP contribution in [-0.4, -0.2) is 24.5 Å². The van der Waals surface area contributed by atoms with Crippen LogP contribution in [0.25, 0.3) is 0 Å². The van der Waals surface area contributed by atoms with Gasteiger partial charge in [0, 0.05) is 22.6 Å². The summed E-state index contributed by atoms with van der Waals surface area (Å²) in [6.45, 7) is 10.4. The van der Waals surface area contributed by atoms with Crippen LogP contribution in [0.4, 0.5) is 0 Å². The van der Waals surface area contributed by atoms with Gasteiger partial charge in [0.05, 0.1) is 13.2 Å². The minimum Gasteiger partial charge on any atom is -0.490 e. The van der Waals surface area contributed by atoms with E-state index in [9.17, 15) is 0 Å². The summed E-state index contributed by atoms with van der Waals surface area (Å²) in [5.74, 6) is 1.71. The largest absolute Gasteiger partial charge is 0.490 e. The summed E-state index contributed by atoms with van der Waals surface area (Å²) in [6.07, 6.45) is 1.92. The first kappa shape index (κ1) is 16.5. The van der Waals surface area contributed by atoms with Crippen LogP contribution in [0.5, 0.6) is 11.5 Å². The number of fused-ring (bicyclic) bond motifs is 1. The Morgan fingerprint density at radius 1 is 1.19 bits per heavy atom. The topological polar surface area (TPSA) is 44.5 Å². The number of hydrogen-bond donors (Lipinski definition) is 1. The van der Waals surface area contributed by atoms with Crippen molar-refractivity contribution in [3.8, 4) is 11.5 Å². The van der Waals surface area contributed by atoms with Crippen LogP contribution >= 0.6 is 11.8 Å². The van der Waals surface area contributed by atoms with E-state index in [1.807, 2.05) is 17.8 Å². The van der Waals surface area contributed by atoms with Gasteiger partial charge in [0.2, 0.25) is 0 Å². The van der Waals surface area contributed by atoms with E-state index in [0.29, 0.717) is 5.25 Å². The number of hydrogen-bond acceptors (Lipinski definition) is 4. The molecule has 0 aliphatic carbocycles. The minimum absolute atomic E-state index is 0.157. The van der Waals surface area contributed by atoms with E-state index in [1.165, 1.54) is 4.90 Å². The zero-order valence-corrected chi connectivity index (χ0v) is 14.3. The van der Waals surface area contributed by atoms with Crippen LogP contribution in [-0.2, 0) is 0 Å². The third kappa shape index (κ3) is 4.30. The first-order chi connectivity index (χ1) is 9.91. The van der Waals surface area contributed by atoms with Gasteiger partial charge in [-0.3, -0.25) is 0 Å². The first-order valence-corrected chi connectivity index (χ1v) is 8.61. The molecule has 0 fully saturated rings. The van der Waals surface area contributed by atoms with Crippen molar-refractivity contribution in [2.45, 2.75) is 56.7 Å². The van der Waals surface area contributed by atoms with Gasteiger partial charge in [0.15, 0.2) is 11.5 Å². The summed E-state index contributed by atoms with van der Waals surface area (Å²) in [4.78, 5) is 1.20. The summed E-state index contributed by atoms with van der Waals surface area (Å²) in [7, 11) is 0. The zero-order valence-electron chi connectivity index (χ0n) is 13.5. The highest BCUT2D eigenvalue weighted by atomic mass is 32.2. The predicted octanol–water partition coefficient (Wildman–Crippen LogP) is 4.09. The standard InChI is InChI=1S/C17H27NO2S/c1-5-13(18)16(17(2,3)4)21-12-7-8-14-15(11-12)20-10-6-9-19-14/h7-8,11,13,16H,5-6,9-10,18H2,1-4H3. The van der Waals surface area contributed by atoms with Crippen LogP contribution in [0.1, 0.15) is 40.5 Å². The van der Waals surface area contributed by atoms with Crippen molar-refractivity contribution in [2.24, 2.45) is 11.1 Å². The van der Waals surface area contributed by atoms with Crippen molar-refractivity contribution in [1.29, 1.82) is 0 Å². The highest BCUT2D eigenvalue weighted by Gasteiger charge is 2.30. The molecular formula is C17H27NO2S. The van der Waals surface area contributed by atoms with Gasteiger partial charge >= 0.3 is 0 Å². The maximum atomic E-state index is 6.34. The molecule has 0 amide bonds. The molecule has 2 unspecified atom stereocenters. The van der Waals surface area contributed by atoms with E-state index >= 15 is 0 Å². The van der Waals surface area contributed by atoms with E-state index in [0.717, 1.165) is 37.6 Å². The van der Waals surface area contributed by atoms with Gasteiger partial charge in [0.1, 0.15) is 0 Å².